The number of halogens is 3. The van der Waals surface area contributed by atoms with E-state index >= 15 is 0 Å². The van der Waals surface area contributed by atoms with E-state index in [1.54, 1.807) is 24.3 Å². The zero-order chi connectivity index (χ0) is 26.6. The zero-order valence-corrected chi connectivity index (χ0v) is 21.2. The number of hydrogen-bond acceptors (Lipinski definition) is 5. The molecule has 37 heavy (non-hydrogen) atoms. The minimum Gasteiger partial charge on any atom is -0.478 e. The Kier molecular flexibility index (Phi) is 7.83. The van der Waals surface area contributed by atoms with Crippen molar-refractivity contribution >= 4 is 28.1 Å². The second-order valence-electron chi connectivity index (χ2n) is 8.79. The molecule has 1 heterocycles. The summed E-state index contributed by atoms with van der Waals surface area (Å²) >= 11 is 1.54. The highest BCUT2D eigenvalue weighted by atomic mass is 32.1. The summed E-state index contributed by atoms with van der Waals surface area (Å²) in [6.45, 7) is 1.28. The molecule has 0 radical (unpaired) electrons. The molecular weight excluding hydrogens is 499 g/mol. The molecular formula is C28H26F3N3O2S. The highest BCUT2D eigenvalue weighted by Gasteiger charge is 2.29. The van der Waals surface area contributed by atoms with Crippen LogP contribution in [0.5, 0.6) is 0 Å². The number of anilines is 2. The summed E-state index contributed by atoms with van der Waals surface area (Å²) in [5, 5.41) is 11.9. The highest BCUT2D eigenvalue weighted by Crippen LogP contribution is 2.30. The molecule has 0 fully saturated rings. The summed E-state index contributed by atoms with van der Waals surface area (Å²) in [7, 11) is 3.90. The Balaban J connectivity index is 1.34. The minimum absolute atomic E-state index is 0.261. The van der Waals surface area contributed by atoms with Gasteiger partial charge in [-0.3, -0.25) is 0 Å². The van der Waals surface area contributed by atoms with E-state index in [2.05, 4.69) is 4.90 Å². The molecule has 3 aromatic carbocycles. The van der Waals surface area contributed by atoms with E-state index in [1.807, 2.05) is 48.6 Å². The lowest BCUT2D eigenvalue weighted by Crippen LogP contribution is -2.20. The Morgan fingerprint density at radius 3 is 2.11 bits per heavy atom. The third-order valence-corrected chi connectivity index (χ3v) is 7.02. The second kappa shape index (κ2) is 11.0. The van der Waals surface area contributed by atoms with Gasteiger partial charge in [-0.25, -0.2) is 9.78 Å². The largest absolute Gasteiger partial charge is 0.478 e. The molecule has 0 unspecified atom stereocenters. The zero-order valence-electron chi connectivity index (χ0n) is 20.4. The molecule has 4 rings (SSSR count). The molecule has 0 amide bonds. The Morgan fingerprint density at radius 1 is 0.892 bits per heavy atom. The lowest BCUT2D eigenvalue weighted by Gasteiger charge is -2.20. The summed E-state index contributed by atoms with van der Waals surface area (Å²) in [4.78, 5) is 19.9. The molecule has 0 saturated heterocycles. The van der Waals surface area contributed by atoms with Crippen LogP contribution in [0.4, 0.5) is 24.0 Å². The van der Waals surface area contributed by atoms with Gasteiger partial charge in [0.15, 0.2) is 5.13 Å². The molecule has 192 valence electrons. The van der Waals surface area contributed by atoms with Crippen LogP contribution >= 0.6 is 11.3 Å². The van der Waals surface area contributed by atoms with Crippen LogP contribution in [0.2, 0.25) is 0 Å². The van der Waals surface area contributed by atoms with E-state index < -0.39 is 17.7 Å². The molecule has 0 spiro atoms. The van der Waals surface area contributed by atoms with Crippen molar-refractivity contribution in [3.05, 3.63) is 100 Å². The number of carboxylic acids is 1. The average molecular weight is 526 g/mol. The Bertz CT molecular complexity index is 1340. The summed E-state index contributed by atoms with van der Waals surface area (Å²) in [6, 6.07) is 20.1. The van der Waals surface area contributed by atoms with Crippen molar-refractivity contribution in [2.24, 2.45) is 0 Å². The maximum Gasteiger partial charge on any atom is 0.416 e. The standard InChI is InChI=1S/C28H26F3N3O2S/c1-33(16-15-19-5-11-23(12-6-19)28(29,30)31)24-13-9-21(10-14-24)25-18-37-27(32-25)34(2)17-20-3-7-22(8-4-20)26(35)36/h3-14,18H,15-17H2,1-2H3,(H,35,36). The van der Waals surface area contributed by atoms with Crippen LogP contribution in [0, 0.1) is 0 Å². The van der Waals surface area contributed by atoms with Gasteiger partial charge in [0.1, 0.15) is 0 Å². The number of aromatic nitrogens is 1. The fourth-order valence-electron chi connectivity index (χ4n) is 3.84. The Morgan fingerprint density at radius 2 is 1.51 bits per heavy atom. The van der Waals surface area contributed by atoms with Gasteiger partial charge in [0, 0.05) is 43.8 Å². The molecule has 1 aromatic heterocycles. The number of hydrogen-bond donors (Lipinski definition) is 1. The fourth-order valence-corrected chi connectivity index (χ4v) is 4.64. The predicted octanol–water partition coefficient (Wildman–Crippen LogP) is 6.84. The van der Waals surface area contributed by atoms with E-state index in [0.29, 0.717) is 19.5 Å². The number of carbonyl (C=O) groups is 1. The molecule has 0 aliphatic heterocycles. The van der Waals surface area contributed by atoms with Crippen LogP contribution in [-0.4, -0.2) is 36.7 Å². The average Bonchev–Trinajstić information content (AvgIpc) is 3.38. The van der Waals surface area contributed by atoms with Gasteiger partial charge in [0.2, 0.25) is 0 Å². The number of benzene rings is 3. The van der Waals surface area contributed by atoms with Crippen LogP contribution in [0.25, 0.3) is 11.3 Å². The van der Waals surface area contributed by atoms with Crippen LogP contribution in [-0.2, 0) is 19.1 Å². The van der Waals surface area contributed by atoms with Crippen LogP contribution < -0.4 is 9.80 Å². The first-order valence-electron chi connectivity index (χ1n) is 11.6. The summed E-state index contributed by atoms with van der Waals surface area (Å²) in [5.74, 6) is -0.944. The normalized spacial score (nSPS) is 11.4. The maximum absolute atomic E-state index is 12.7. The lowest BCUT2D eigenvalue weighted by molar-refractivity contribution is -0.137. The van der Waals surface area contributed by atoms with Gasteiger partial charge in [-0.2, -0.15) is 13.2 Å². The van der Waals surface area contributed by atoms with E-state index in [0.717, 1.165) is 45.3 Å². The minimum atomic E-state index is -4.32. The summed E-state index contributed by atoms with van der Waals surface area (Å²) in [5.41, 5.74) is 4.34. The number of rotatable bonds is 9. The summed E-state index contributed by atoms with van der Waals surface area (Å²) < 4.78 is 38.2. The molecule has 4 aromatic rings. The van der Waals surface area contributed by atoms with Gasteiger partial charge >= 0.3 is 12.1 Å². The molecule has 1 N–H and O–H groups in total. The van der Waals surface area contributed by atoms with Gasteiger partial charge in [-0.15, -0.1) is 11.3 Å². The molecule has 0 bridgehead atoms. The smallest absolute Gasteiger partial charge is 0.416 e. The first-order chi connectivity index (χ1) is 17.6. The topological polar surface area (TPSA) is 56.7 Å². The SMILES string of the molecule is CN(CCc1ccc(C(F)(F)F)cc1)c1ccc(-c2csc(N(C)Cc3ccc(C(=O)O)cc3)n2)cc1. The Hall–Kier alpha value is -3.85. The highest BCUT2D eigenvalue weighted by molar-refractivity contribution is 7.14. The predicted molar refractivity (Wildman–Crippen MR) is 141 cm³/mol. The monoisotopic (exact) mass is 525 g/mol. The van der Waals surface area contributed by atoms with Crippen molar-refractivity contribution in [3.8, 4) is 11.3 Å². The number of nitrogens with zero attached hydrogens (tertiary/aromatic N) is 3. The quantitative estimate of drug-likeness (QED) is 0.259. The third-order valence-electron chi connectivity index (χ3n) is 6.06. The van der Waals surface area contributed by atoms with E-state index in [1.165, 1.54) is 23.5 Å². The number of likely N-dealkylation sites (N-methyl/N-ethyl adjacent to an activating group) is 1. The van der Waals surface area contributed by atoms with Crippen LogP contribution in [0.15, 0.2) is 78.2 Å². The van der Waals surface area contributed by atoms with Gasteiger partial charge in [0.05, 0.1) is 16.8 Å². The van der Waals surface area contributed by atoms with Gasteiger partial charge in [-0.05, 0) is 53.9 Å². The van der Waals surface area contributed by atoms with Crippen molar-refractivity contribution in [2.75, 3.05) is 30.4 Å². The second-order valence-corrected chi connectivity index (χ2v) is 9.62. The van der Waals surface area contributed by atoms with Crippen LogP contribution in [0.3, 0.4) is 0 Å². The van der Waals surface area contributed by atoms with Crippen molar-refractivity contribution in [2.45, 2.75) is 19.1 Å². The third kappa shape index (κ3) is 6.68. The fraction of sp³-hybridized carbons (Fsp3) is 0.214. The molecule has 0 atom stereocenters. The van der Waals surface area contributed by atoms with E-state index in [-0.39, 0.29) is 5.56 Å². The van der Waals surface area contributed by atoms with E-state index in [4.69, 9.17) is 10.1 Å². The first-order valence-corrected chi connectivity index (χ1v) is 12.4. The number of alkyl halides is 3. The van der Waals surface area contributed by atoms with Crippen molar-refractivity contribution in [3.63, 3.8) is 0 Å². The molecule has 0 saturated carbocycles. The number of thiazole rings is 1. The number of carboxylic acid groups (broad SMARTS) is 1. The molecule has 5 nitrogen and oxygen atoms in total. The molecule has 0 aliphatic carbocycles. The summed E-state index contributed by atoms with van der Waals surface area (Å²) in [6.07, 6.45) is -3.68. The first kappa shape index (κ1) is 26.2. The van der Waals surface area contributed by atoms with Crippen molar-refractivity contribution < 1.29 is 23.1 Å². The molecule has 9 heteroatoms. The van der Waals surface area contributed by atoms with Crippen molar-refractivity contribution in [1.29, 1.82) is 0 Å². The van der Waals surface area contributed by atoms with Crippen LogP contribution in [0.1, 0.15) is 27.0 Å². The lowest BCUT2D eigenvalue weighted by atomic mass is 10.1. The Labute approximate surface area is 217 Å². The van der Waals surface area contributed by atoms with Gasteiger partial charge in [-0.1, -0.05) is 36.4 Å². The number of aromatic carboxylic acids is 1. The van der Waals surface area contributed by atoms with Crippen molar-refractivity contribution in [1.82, 2.24) is 4.98 Å². The maximum atomic E-state index is 12.7. The van der Waals surface area contributed by atoms with Gasteiger partial charge < -0.3 is 14.9 Å². The van der Waals surface area contributed by atoms with Gasteiger partial charge in [0.25, 0.3) is 0 Å². The molecule has 0 aliphatic rings. The van der Waals surface area contributed by atoms with E-state index in [9.17, 15) is 18.0 Å².